The number of hydrogen-bond donors (Lipinski definition) is 1. The van der Waals surface area contributed by atoms with Gasteiger partial charge in [-0.15, -0.1) is 0 Å². The number of hydrogen-bond acceptors (Lipinski definition) is 5. The van der Waals surface area contributed by atoms with Crippen molar-refractivity contribution >= 4 is 62.3 Å². The van der Waals surface area contributed by atoms with Gasteiger partial charge in [0.05, 0.1) is 17.7 Å². The third-order valence-electron chi connectivity index (χ3n) is 7.70. The van der Waals surface area contributed by atoms with E-state index in [1.807, 2.05) is 44.2 Å². The molecule has 4 aromatic rings. The van der Waals surface area contributed by atoms with E-state index in [9.17, 15) is 18.0 Å². The number of carbonyl (C=O) groups is 2. The van der Waals surface area contributed by atoms with Gasteiger partial charge in [0.1, 0.15) is 18.3 Å². The zero-order valence-corrected chi connectivity index (χ0v) is 29.3. The highest BCUT2D eigenvalue weighted by Gasteiger charge is 2.35. The Morgan fingerprint density at radius 2 is 1.47 bits per heavy atom. The summed E-state index contributed by atoms with van der Waals surface area (Å²) in [7, 11) is -2.83. The molecule has 0 fully saturated rings. The zero-order valence-electron chi connectivity index (χ0n) is 26.2. The summed E-state index contributed by atoms with van der Waals surface area (Å²) in [6.07, 6.45) is 0.821. The van der Waals surface area contributed by atoms with E-state index in [1.54, 1.807) is 18.2 Å². The van der Waals surface area contributed by atoms with E-state index >= 15 is 0 Å². The van der Waals surface area contributed by atoms with E-state index in [2.05, 4.69) is 5.32 Å². The number of nitrogens with one attached hydrogen (secondary N) is 1. The molecule has 0 bridgehead atoms. The molecule has 0 spiro atoms. The summed E-state index contributed by atoms with van der Waals surface area (Å²) >= 11 is 19.3. The highest BCUT2D eigenvalue weighted by Crippen LogP contribution is 2.30. The quantitative estimate of drug-likeness (QED) is 0.147. The monoisotopic (exact) mass is 715 g/mol. The Morgan fingerprint density at radius 3 is 2.04 bits per heavy atom. The zero-order chi connectivity index (χ0) is 34.1. The average Bonchev–Trinajstić information content (AvgIpc) is 3.07. The summed E-state index contributed by atoms with van der Waals surface area (Å²) in [6.45, 7) is 3.02. The van der Waals surface area contributed by atoms with E-state index in [0.29, 0.717) is 32.8 Å². The number of ether oxygens (including phenoxy) is 1. The lowest BCUT2D eigenvalue weighted by atomic mass is 10.0. The molecule has 0 radical (unpaired) electrons. The maximum absolute atomic E-state index is 14.6. The Hall–Kier alpha value is -3.76. The van der Waals surface area contributed by atoms with Gasteiger partial charge in [0.25, 0.3) is 10.0 Å². The van der Waals surface area contributed by atoms with E-state index in [4.69, 9.17) is 39.5 Å². The van der Waals surface area contributed by atoms with E-state index in [0.717, 1.165) is 9.87 Å². The lowest BCUT2D eigenvalue weighted by molar-refractivity contribution is -0.140. The Bertz CT molecular complexity index is 1750. The van der Waals surface area contributed by atoms with Crippen LogP contribution < -0.4 is 14.4 Å². The van der Waals surface area contributed by atoms with Crippen molar-refractivity contribution in [3.05, 3.63) is 123 Å². The molecule has 0 aliphatic carbocycles. The standard InChI is InChI=1S/C35H36Cl3N3O5S/c1-4-24(2)39-35(43)33(21-25-9-6-5-7-10-25)40(22-30-31(37)11-8-12-32(30)38)34(42)23-41(27-15-13-26(36)14-16-27)47(44,45)29-19-17-28(46-3)18-20-29/h5-20,24,33H,4,21-23H2,1-3H3,(H,39,43)/t24-,33+/m0/s1. The van der Waals surface area contributed by atoms with Crippen LogP contribution in [-0.4, -0.2) is 50.9 Å². The van der Waals surface area contributed by atoms with Gasteiger partial charge in [-0.3, -0.25) is 13.9 Å². The van der Waals surface area contributed by atoms with Gasteiger partial charge in [-0.2, -0.15) is 0 Å². The number of amides is 2. The molecule has 0 saturated heterocycles. The van der Waals surface area contributed by atoms with Crippen molar-refractivity contribution in [1.82, 2.24) is 10.2 Å². The van der Waals surface area contributed by atoms with E-state index in [-0.39, 0.29) is 29.6 Å². The Balaban J connectivity index is 1.84. The lowest BCUT2D eigenvalue weighted by Gasteiger charge is -2.34. The van der Waals surface area contributed by atoms with Gasteiger partial charge in [0, 0.05) is 39.6 Å². The topological polar surface area (TPSA) is 96.0 Å². The van der Waals surface area contributed by atoms with Gasteiger partial charge in [-0.05, 0) is 79.6 Å². The molecule has 12 heteroatoms. The number of methoxy groups -OCH3 is 1. The second kappa shape index (κ2) is 16.4. The largest absolute Gasteiger partial charge is 0.497 e. The number of halogens is 3. The molecule has 47 heavy (non-hydrogen) atoms. The van der Waals surface area contributed by atoms with Crippen molar-refractivity contribution in [1.29, 1.82) is 0 Å². The van der Waals surface area contributed by atoms with Gasteiger partial charge in [0.15, 0.2) is 0 Å². The van der Waals surface area contributed by atoms with Gasteiger partial charge in [0.2, 0.25) is 11.8 Å². The molecule has 0 aliphatic rings. The average molecular weight is 717 g/mol. The first kappa shape index (κ1) is 36.1. The predicted molar refractivity (Wildman–Crippen MR) is 188 cm³/mol. The first-order valence-corrected chi connectivity index (χ1v) is 17.5. The van der Waals surface area contributed by atoms with Crippen LogP contribution >= 0.6 is 34.8 Å². The smallest absolute Gasteiger partial charge is 0.264 e. The fraction of sp³-hybridized carbons (Fsp3) is 0.257. The van der Waals surface area contributed by atoms with E-state index in [1.165, 1.54) is 60.5 Å². The Morgan fingerprint density at radius 1 is 0.851 bits per heavy atom. The molecular formula is C35H36Cl3N3O5S. The van der Waals surface area contributed by atoms with Crippen LogP contribution in [-0.2, 0) is 32.6 Å². The Labute approximate surface area is 291 Å². The lowest BCUT2D eigenvalue weighted by Crippen LogP contribution is -2.54. The van der Waals surface area contributed by atoms with Crippen LogP contribution in [0.25, 0.3) is 0 Å². The summed E-state index contributed by atoms with van der Waals surface area (Å²) in [6, 6.07) is 25.0. The highest BCUT2D eigenvalue weighted by molar-refractivity contribution is 7.92. The first-order valence-electron chi connectivity index (χ1n) is 14.9. The number of carbonyl (C=O) groups excluding carboxylic acids is 2. The fourth-order valence-corrected chi connectivity index (χ4v) is 6.92. The fourth-order valence-electron chi connectivity index (χ4n) is 4.86. The van der Waals surface area contributed by atoms with Crippen LogP contribution in [0, 0.1) is 0 Å². The molecule has 4 rings (SSSR count). The molecule has 0 heterocycles. The third kappa shape index (κ3) is 9.20. The molecule has 0 aliphatic heterocycles. The second-order valence-electron chi connectivity index (χ2n) is 10.9. The maximum atomic E-state index is 14.6. The molecule has 0 saturated carbocycles. The molecule has 0 aromatic heterocycles. The number of anilines is 1. The molecule has 2 amide bonds. The van der Waals surface area contributed by atoms with Crippen molar-refractivity contribution in [2.75, 3.05) is 18.0 Å². The van der Waals surface area contributed by atoms with Crippen LogP contribution in [0.1, 0.15) is 31.4 Å². The molecule has 2 atom stereocenters. The van der Waals surface area contributed by atoms with Crippen molar-refractivity contribution in [3.63, 3.8) is 0 Å². The Kier molecular flexibility index (Phi) is 12.6. The third-order valence-corrected chi connectivity index (χ3v) is 10.5. The van der Waals surface area contributed by atoms with Crippen LogP contribution in [0.2, 0.25) is 15.1 Å². The van der Waals surface area contributed by atoms with Crippen molar-refractivity contribution in [2.24, 2.45) is 0 Å². The molecule has 8 nitrogen and oxygen atoms in total. The highest BCUT2D eigenvalue weighted by atomic mass is 35.5. The van der Waals surface area contributed by atoms with Gasteiger partial charge < -0.3 is 15.0 Å². The number of benzene rings is 4. The van der Waals surface area contributed by atoms with Gasteiger partial charge in [-0.1, -0.05) is 78.1 Å². The summed E-state index contributed by atoms with van der Waals surface area (Å²) in [5, 5.41) is 4.00. The van der Waals surface area contributed by atoms with Crippen LogP contribution in [0.3, 0.4) is 0 Å². The van der Waals surface area contributed by atoms with E-state index < -0.39 is 34.4 Å². The van der Waals surface area contributed by atoms with Crippen molar-refractivity contribution in [3.8, 4) is 5.75 Å². The molecule has 1 N–H and O–H groups in total. The molecule has 4 aromatic carbocycles. The van der Waals surface area contributed by atoms with Crippen molar-refractivity contribution < 1.29 is 22.7 Å². The minimum Gasteiger partial charge on any atom is -0.497 e. The minimum atomic E-state index is -4.30. The summed E-state index contributed by atoms with van der Waals surface area (Å²) in [5.41, 5.74) is 1.44. The minimum absolute atomic E-state index is 0.0582. The van der Waals surface area contributed by atoms with Crippen LogP contribution in [0.15, 0.2) is 102 Å². The second-order valence-corrected chi connectivity index (χ2v) is 14.0. The number of sulfonamides is 1. The maximum Gasteiger partial charge on any atom is 0.264 e. The number of rotatable bonds is 14. The van der Waals surface area contributed by atoms with Crippen LogP contribution in [0.4, 0.5) is 5.69 Å². The predicted octanol–water partition coefficient (Wildman–Crippen LogP) is 7.41. The molecule has 248 valence electrons. The first-order chi connectivity index (χ1) is 22.4. The van der Waals surface area contributed by atoms with Gasteiger partial charge >= 0.3 is 0 Å². The van der Waals surface area contributed by atoms with Crippen molar-refractivity contribution in [2.45, 2.75) is 50.2 Å². The van der Waals surface area contributed by atoms with Gasteiger partial charge in [-0.25, -0.2) is 8.42 Å². The molecular weight excluding hydrogens is 681 g/mol. The van der Waals surface area contributed by atoms with Crippen LogP contribution in [0.5, 0.6) is 5.75 Å². The normalized spacial score (nSPS) is 12.6. The SMILES string of the molecule is CC[C@H](C)NC(=O)[C@@H](Cc1ccccc1)N(Cc1c(Cl)cccc1Cl)C(=O)CN(c1ccc(Cl)cc1)S(=O)(=O)c1ccc(OC)cc1. The molecule has 0 unspecified atom stereocenters. The summed E-state index contributed by atoms with van der Waals surface area (Å²) in [5.74, 6) is -0.569. The summed E-state index contributed by atoms with van der Waals surface area (Å²) in [4.78, 5) is 29.9. The summed E-state index contributed by atoms with van der Waals surface area (Å²) < 4.78 is 34.6. The number of nitrogens with zero attached hydrogens (tertiary/aromatic N) is 2.